The van der Waals surface area contributed by atoms with Crippen LogP contribution in [0.2, 0.25) is 0 Å². The highest BCUT2D eigenvalue weighted by molar-refractivity contribution is 5.83. The lowest BCUT2D eigenvalue weighted by atomic mass is 9.78. The summed E-state index contributed by atoms with van der Waals surface area (Å²) >= 11 is 0. The smallest absolute Gasteiger partial charge is 0.229 e. The molecular weight excluding hydrogens is 292 g/mol. The average Bonchev–Trinajstić information content (AvgIpc) is 2.99. The van der Waals surface area contributed by atoms with Crippen molar-refractivity contribution < 1.29 is 14.3 Å². The summed E-state index contributed by atoms with van der Waals surface area (Å²) < 4.78 is 10.8. The Labute approximate surface area is 137 Å². The van der Waals surface area contributed by atoms with Gasteiger partial charge in [-0.2, -0.15) is 0 Å². The number of fused-ring (bicyclic) bond motifs is 1. The number of benzene rings is 1. The maximum Gasteiger partial charge on any atom is 0.229 e. The molecule has 0 radical (unpaired) electrons. The molecule has 0 saturated carbocycles. The van der Waals surface area contributed by atoms with E-state index >= 15 is 0 Å². The van der Waals surface area contributed by atoms with Crippen molar-refractivity contribution >= 4 is 5.91 Å². The number of carbonyl (C=O) groups excluding carboxylic acids is 1. The third-order valence-electron chi connectivity index (χ3n) is 5.22. The third-order valence-corrected chi connectivity index (χ3v) is 5.22. The van der Waals surface area contributed by atoms with E-state index in [2.05, 4.69) is 16.7 Å². The molecule has 3 rings (SSSR count). The van der Waals surface area contributed by atoms with Crippen molar-refractivity contribution in [2.75, 3.05) is 33.9 Å². The highest BCUT2D eigenvalue weighted by Crippen LogP contribution is 2.38. The first-order valence-corrected chi connectivity index (χ1v) is 8.36. The molecule has 1 amide bonds. The van der Waals surface area contributed by atoms with E-state index in [0.29, 0.717) is 6.61 Å². The van der Waals surface area contributed by atoms with E-state index < -0.39 is 5.41 Å². The van der Waals surface area contributed by atoms with E-state index in [-0.39, 0.29) is 11.9 Å². The van der Waals surface area contributed by atoms with E-state index in [1.165, 1.54) is 11.1 Å². The van der Waals surface area contributed by atoms with Crippen LogP contribution in [-0.2, 0) is 16.0 Å². The van der Waals surface area contributed by atoms with Gasteiger partial charge in [-0.05, 0) is 56.0 Å². The molecule has 1 aliphatic heterocycles. The molecule has 0 bridgehead atoms. The highest BCUT2D eigenvalue weighted by Gasteiger charge is 2.41. The molecule has 5 heteroatoms. The second-order valence-electron chi connectivity index (χ2n) is 6.56. The van der Waals surface area contributed by atoms with Crippen LogP contribution < -0.4 is 15.4 Å². The molecule has 5 nitrogen and oxygen atoms in total. The quantitative estimate of drug-likeness (QED) is 0.869. The van der Waals surface area contributed by atoms with Gasteiger partial charge >= 0.3 is 0 Å². The van der Waals surface area contributed by atoms with Crippen LogP contribution in [0.3, 0.4) is 0 Å². The zero-order valence-electron chi connectivity index (χ0n) is 14.0. The predicted octanol–water partition coefficient (Wildman–Crippen LogP) is 1.81. The minimum atomic E-state index is -0.401. The summed E-state index contributed by atoms with van der Waals surface area (Å²) in [4.78, 5) is 13.0. The van der Waals surface area contributed by atoms with Crippen LogP contribution in [0.5, 0.6) is 5.75 Å². The lowest BCUT2D eigenvalue weighted by Crippen LogP contribution is -2.50. The van der Waals surface area contributed by atoms with Crippen molar-refractivity contribution in [3.8, 4) is 5.75 Å². The van der Waals surface area contributed by atoms with Crippen molar-refractivity contribution in [2.24, 2.45) is 5.41 Å². The number of amides is 1. The van der Waals surface area contributed by atoms with Gasteiger partial charge in [-0.3, -0.25) is 4.79 Å². The molecule has 23 heavy (non-hydrogen) atoms. The lowest BCUT2D eigenvalue weighted by molar-refractivity contribution is -0.137. The topological polar surface area (TPSA) is 59.6 Å². The monoisotopic (exact) mass is 318 g/mol. The molecule has 0 aromatic heterocycles. The summed E-state index contributed by atoms with van der Waals surface area (Å²) in [6.45, 7) is 2.22. The zero-order chi connectivity index (χ0) is 16.3. The van der Waals surface area contributed by atoms with Gasteiger partial charge in [-0.1, -0.05) is 12.1 Å². The molecule has 1 aromatic rings. The molecule has 2 N–H and O–H groups in total. The van der Waals surface area contributed by atoms with Crippen molar-refractivity contribution in [1.29, 1.82) is 0 Å². The molecule has 1 unspecified atom stereocenters. The number of carbonyl (C=O) groups is 1. The van der Waals surface area contributed by atoms with E-state index in [1.807, 2.05) is 12.1 Å². The Morgan fingerprint density at radius 1 is 1.35 bits per heavy atom. The predicted molar refractivity (Wildman–Crippen MR) is 88.6 cm³/mol. The largest absolute Gasteiger partial charge is 0.496 e. The first kappa shape index (κ1) is 16.3. The molecule has 2 aliphatic rings. The van der Waals surface area contributed by atoms with Crippen LogP contribution in [-0.4, -0.2) is 39.8 Å². The van der Waals surface area contributed by atoms with Gasteiger partial charge in [0.1, 0.15) is 5.75 Å². The highest BCUT2D eigenvalue weighted by atomic mass is 16.5. The van der Waals surface area contributed by atoms with Crippen LogP contribution in [0, 0.1) is 5.41 Å². The van der Waals surface area contributed by atoms with Crippen LogP contribution >= 0.6 is 0 Å². The van der Waals surface area contributed by atoms with Gasteiger partial charge in [0, 0.05) is 7.11 Å². The minimum Gasteiger partial charge on any atom is -0.496 e. The summed E-state index contributed by atoms with van der Waals surface area (Å²) in [7, 11) is 3.37. The first-order chi connectivity index (χ1) is 11.2. The number of hydrogen-bond donors (Lipinski definition) is 2. The third kappa shape index (κ3) is 3.08. The molecule has 1 heterocycles. The van der Waals surface area contributed by atoms with Gasteiger partial charge in [0.05, 0.1) is 25.2 Å². The van der Waals surface area contributed by atoms with Gasteiger partial charge in [0.2, 0.25) is 5.91 Å². The second-order valence-corrected chi connectivity index (χ2v) is 6.56. The van der Waals surface area contributed by atoms with E-state index in [9.17, 15) is 4.79 Å². The SMILES string of the molecule is COCC1(C(=O)NC2CCc3c(OC)cccc32)CCNCC1. The Morgan fingerprint density at radius 3 is 2.83 bits per heavy atom. The number of hydrogen-bond acceptors (Lipinski definition) is 4. The van der Waals surface area contributed by atoms with Crippen molar-refractivity contribution in [2.45, 2.75) is 31.7 Å². The fourth-order valence-electron chi connectivity index (χ4n) is 3.89. The fraction of sp³-hybridized carbons (Fsp3) is 0.611. The maximum absolute atomic E-state index is 13.0. The summed E-state index contributed by atoms with van der Waals surface area (Å²) in [5, 5.41) is 6.60. The van der Waals surface area contributed by atoms with E-state index in [1.54, 1.807) is 14.2 Å². The van der Waals surface area contributed by atoms with E-state index in [4.69, 9.17) is 9.47 Å². The number of nitrogens with one attached hydrogen (secondary N) is 2. The van der Waals surface area contributed by atoms with Crippen LogP contribution in [0.1, 0.15) is 36.4 Å². The number of rotatable bonds is 5. The number of ether oxygens (including phenoxy) is 2. The normalized spacial score (nSPS) is 22.4. The fourth-order valence-corrected chi connectivity index (χ4v) is 3.89. The Hall–Kier alpha value is -1.59. The zero-order valence-corrected chi connectivity index (χ0v) is 14.0. The molecule has 1 aliphatic carbocycles. The average molecular weight is 318 g/mol. The van der Waals surface area contributed by atoms with Gasteiger partial charge in [0.15, 0.2) is 0 Å². The van der Waals surface area contributed by atoms with Gasteiger partial charge in [-0.15, -0.1) is 0 Å². The van der Waals surface area contributed by atoms with Gasteiger partial charge in [-0.25, -0.2) is 0 Å². The Bertz CT molecular complexity index is 562. The molecule has 1 atom stereocenters. The van der Waals surface area contributed by atoms with Crippen molar-refractivity contribution in [1.82, 2.24) is 10.6 Å². The Kier molecular flexibility index (Phi) is 4.87. The maximum atomic E-state index is 13.0. The summed E-state index contributed by atoms with van der Waals surface area (Å²) in [6.07, 6.45) is 3.53. The van der Waals surface area contributed by atoms with Gasteiger partial charge in [0.25, 0.3) is 0 Å². The Morgan fingerprint density at radius 2 is 2.13 bits per heavy atom. The van der Waals surface area contributed by atoms with Gasteiger partial charge < -0.3 is 20.1 Å². The van der Waals surface area contributed by atoms with Crippen LogP contribution in [0.15, 0.2) is 18.2 Å². The number of methoxy groups -OCH3 is 2. The standard InChI is InChI=1S/C18H26N2O3/c1-22-12-18(8-10-19-11-9-18)17(21)20-15-7-6-14-13(15)4-3-5-16(14)23-2/h3-5,15,19H,6-12H2,1-2H3,(H,20,21). The summed E-state index contributed by atoms with van der Waals surface area (Å²) in [5.74, 6) is 1.05. The molecule has 1 aromatic carbocycles. The van der Waals surface area contributed by atoms with E-state index in [0.717, 1.165) is 44.5 Å². The second kappa shape index (κ2) is 6.89. The summed E-state index contributed by atoms with van der Waals surface area (Å²) in [5.41, 5.74) is 2.02. The molecular formula is C18H26N2O3. The van der Waals surface area contributed by atoms with Crippen LogP contribution in [0.4, 0.5) is 0 Å². The minimum absolute atomic E-state index is 0.0798. The van der Waals surface area contributed by atoms with Crippen molar-refractivity contribution in [3.05, 3.63) is 29.3 Å². The first-order valence-electron chi connectivity index (χ1n) is 8.36. The summed E-state index contributed by atoms with van der Waals surface area (Å²) in [6, 6.07) is 6.16. The van der Waals surface area contributed by atoms with Crippen LogP contribution in [0.25, 0.3) is 0 Å². The van der Waals surface area contributed by atoms with Crippen molar-refractivity contribution in [3.63, 3.8) is 0 Å². The lowest BCUT2D eigenvalue weighted by Gasteiger charge is -2.36. The molecule has 1 fully saturated rings. The number of piperidine rings is 1. The molecule has 0 spiro atoms. The molecule has 1 saturated heterocycles. The molecule has 126 valence electrons. The Balaban J connectivity index is 1.76.